The molecule has 0 unspecified atom stereocenters. The van der Waals surface area contributed by atoms with Gasteiger partial charge in [0.2, 0.25) is 5.91 Å². The van der Waals surface area contributed by atoms with Crippen LogP contribution in [0.4, 0.5) is 0 Å². The highest BCUT2D eigenvalue weighted by molar-refractivity contribution is 6.33. The molecule has 180 valence electrons. The molecule has 0 aliphatic rings. The summed E-state index contributed by atoms with van der Waals surface area (Å²) in [4.78, 5) is 17.7. The Kier molecular flexibility index (Phi) is 7.01. The molecular formula is C30H26ClN3O2. The van der Waals surface area contributed by atoms with Crippen molar-refractivity contribution < 1.29 is 9.53 Å². The number of carbonyl (C=O) groups excluding carboxylic acids is 1. The third-order valence-electron chi connectivity index (χ3n) is 6.19. The Balaban J connectivity index is 1.48. The molecule has 1 amide bonds. The van der Waals surface area contributed by atoms with Crippen LogP contribution in [0.2, 0.25) is 5.02 Å². The summed E-state index contributed by atoms with van der Waals surface area (Å²) in [5, 5.41) is 3.71. The molecule has 0 spiro atoms. The number of rotatable bonds is 8. The first-order chi connectivity index (χ1) is 17.6. The molecule has 0 saturated heterocycles. The molecule has 6 heteroatoms. The Bertz CT molecular complexity index is 1490. The molecule has 2 heterocycles. The first-order valence-electron chi connectivity index (χ1n) is 11.8. The van der Waals surface area contributed by atoms with Gasteiger partial charge in [-0.3, -0.25) is 4.79 Å². The molecule has 2 aromatic heterocycles. The molecule has 0 aliphatic heterocycles. The topological polar surface area (TPSA) is 55.6 Å². The zero-order valence-electron chi connectivity index (χ0n) is 19.9. The van der Waals surface area contributed by atoms with E-state index in [4.69, 9.17) is 21.3 Å². The lowest BCUT2D eigenvalue weighted by atomic mass is 10.1. The first-order valence-corrected chi connectivity index (χ1v) is 12.2. The monoisotopic (exact) mass is 495 g/mol. The van der Waals surface area contributed by atoms with Crippen molar-refractivity contribution in [2.45, 2.75) is 19.4 Å². The second kappa shape index (κ2) is 10.7. The minimum atomic E-state index is -0.00302. The Labute approximate surface area is 215 Å². The molecular weight excluding hydrogens is 470 g/mol. The van der Waals surface area contributed by atoms with Crippen LogP contribution in [0, 0.1) is 0 Å². The van der Waals surface area contributed by atoms with Gasteiger partial charge in [0.15, 0.2) is 0 Å². The van der Waals surface area contributed by atoms with E-state index in [-0.39, 0.29) is 5.91 Å². The molecule has 0 radical (unpaired) electrons. The van der Waals surface area contributed by atoms with Crippen LogP contribution in [-0.4, -0.2) is 22.4 Å². The summed E-state index contributed by atoms with van der Waals surface area (Å²) in [7, 11) is 1.65. The SMILES string of the molecule is COc1ccc(-c2nc3ccc(-c4ccccc4Cl)cn3c2CCC(=O)NCc2ccccc2)cc1. The van der Waals surface area contributed by atoms with E-state index in [9.17, 15) is 4.79 Å². The van der Waals surface area contributed by atoms with Crippen molar-refractivity contribution in [1.29, 1.82) is 0 Å². The molecule has 3 aromatic carbocycles. The van der Waals surface area contributed by atoms with Crippen LogP contribution in [0.1, 0.15) is 17.7 Å². The van der Waals surface area contributed by atoms with Gasteiger partial charge >= 0.3 is 0 Å². The predicted octanol–water partition coefficient (Wildman–Crippen LogP) is 6.58. The summed E-state index contributed by atoms with van der Waals surface area (Å²) in [6, 6.07) is 29.5. The van der Waals surface area contributed by atoms with Gasteiger partial charge in [0.25, 0.3) is 0 Å². The second-order valence-electron chi connectivity index (χ2n) is 8.52. The number of methoxy groups -OCH3 is 1. The fraction of sp³-hybridized carbons (Fsp3) is 0.133. The number of halogens is 1. The number of nitrogens with zero attached hydrogens (tertiary/aromatic N) is 2. The van der Waals surface area contributed by atoms with E-state index in [1.165, 1.54) is 0 Å². The van der Waals surface area contributed by atoms with Crippen LogP contribution < -0.4 is 10.1 Å². The number of nitrogens with one attached hydrogen (secondary N) is 1. The summed E-state index contributed by atoms with van der Waals surface area (Å²) in [5.74, 6) is 0.780. The van der Waals surface area contributed by atoms with E-state index < -0.39 is 0 Å². The molecule has 0 fully saturated rings. The fourth-order valence-corrected chi connectivity index (χ4v) is 4.53. The van der Waals surface area contributed by atoms with Crippen molar-refractivity contribution in [3.8, 4) is 28.1 Å². The van der Waals surface area contributed by atoms with E-state index in [0.717, 1.165) is 45.0 Å². The predicted molar refractivity (Wildman–Crippen MR) is 144 cm³/mol. The molecule has 1 N–H and O–H groups in total. The summed E-state index contributed by atoms with van der Waals surface area (Å²) in [6.45, 7) is 0.509. The summed E-state index contributed by atoms with van der Waals surface area (Å²) >= 11 is 6.48. The molecule has 0 saturated carbocycles. The summed E-state index contributed by atoms with van der Waals surface area (Å²) in [6.07, 6.45) is 2.93. The summed E-state index contributed by atoms with van der Waals surface area (Å²) < 4.78 is 7.39. The van der Waals surface area contributed by atoms with Crippen molar-refractivity contribution in [1.82, 2.24) is 14.7 Å². The van der Waals surface area contributed by atoms with Crippen LogP contribution in [-0.2, 0) is 17.8 Å². The van der Waals surface area contributed by atoms with Crippen molar-refractivity contribution in [2.24, 2.45) is 0 Å². The normalized spacial score (nSPS) is 10.9. The molecule has 5 nitrogen and oxygen atoms in total. The quantitative estimate of drug-likeness (QED) is 0.264. The van der Waals surface area contributed by atoms with E-state index in [1.54, 1.807) is 7.11 Å². The van der Waals surface area contributed by atoms with Crippen LogP contribution in [0.3, 0.4) is 0 Å². The molecule has 5 rings (SSSR count). The lowest BCUT2D eigenvalue weighted by Crippen LogP contribution is -2.23. The maximum atomic E-state index is 12.7. The van der Waals surface area contributed by atoms with Gasteiger partial charge in [0.05, 0.1) is 18.5 Å². The van der Waals surface area contributed by atoms with Gasteiger partial charge in [-0.1, -0.05) is 60.1 Å². The Morgan fingerprint density at radius 2 is 1.64 bits per heavy atom. The zero-order chi connectivity index (χ0) is 24.9. The first kappa shape index (κ1) is 23.6. The van der Waals surface area contributed by atoms with Crippen molar-refractivity contribution in [3.63, 3.8) is 0 Å². The van der Waals surface area contributed by atoms with E-state index in [2.05, 4.69) is 9.72 Å². The highest BCUT2D eigenvalue weighted by atomic mass is 35.5. The van der Waals surface area contributed by atoms with Crippen LogP contribution in [0.5, 0.6) is 5.75 Å². The van der Waals surface area contributed by atoms with Gasteiger partial charge in [-0.15, -0.1) is 0 Å². The number of aromatic nitrogens is 2. The van der Waals surface area contributed by atoms with Gasteiger partial charge in [-0.25, -0.2) is 4.98 Å². The van der Waals surface area contributed by atoms with Crippen LogP contribution >= 0.6 is 11.6 Å². The number of amides is 1. The van der Waals surface area contributed by atoms with Gasteiger partial charge in [0.1, 0.15) is 11.4 Å². The number of hydrogen-bond acceptors (Lipinski definition) is 3. The minimum absolute atomic E-state index is 0.00302. The maximum absolute atomic E-state index is 12.7. The van der Waals surface area contributed by atoms with Gasteiger partial charge in [-0.2, -0.15) is 0 Å². The second-order valence-corrected chi connectivity index (χ2v) is 8.93. The molecule has 0 bridgehead atoms. The highest BCUT2D eigenvalue weighted by Crippen LogP contribution is 2.31. The van der Waals surface area contributed by atoms with Crippen LogP contribution in [0.25, 0.3) is 28.0 Å². The number of carbonyl (C=O) groups is 1. The Morgan fingerprint density at radius 1 is 0.917 bits per heavy atom. The fourth-order valence-electron chi connectivity index (χ4n) is 4.28. The number of hydrogen-bond donors (Lipinski definition) is 1. The number of ether oxygens (including phenoxy) is 1. The lowest BCUT2D eigenvalue weighted by Gasteiger charge is -2.09. The molecule has 36 heavy (non-hydrogen) atoms. The smallest absolute Gasteiger partial charge is 0.220 e. The van der Waals surface area contributed by atoms with Crippen molar-refractivity contribution in [3.05, 3.63) is 113 Å². The number of imidazole rings is 1. The Hall–Kier alpha value is -4.09. The highest BCUT2D eigenvalue weighted by Gasteiger charge is 2.17. The largest absolute Gasteiger partial charge is 0.497 e. The van der Waals surface area contributed by atoms with Crippen molar-refractivity contribution in [2.75, 3.05) is 7.11 Å². The third-order valence-corrected chi connectivity index (χ3v) is 6.52. The standard InChI is InChI=1S/C30H26ClN3O2/c1-36-24-14-11-22(12-15-24)30-27(16-18-29(35)32-19-21-7-3-2-4-8-21)34-20-23(13-17-28(34)33-30)25-9-5-6-10-26(25)31/h2-15,17,20H,16,18-19H2,1H3,(H,32,35). The van der Waals surface area contributed by atoms with Crippen molar-refractivity contribution >= 4 is 23.2 Å². The van der Waals surface area contributed by atoms with E-state index in [0.29, 0.717) is 24.4 Å². The number of fused-ring (bicyclic) bond motifs is 1. The lowest BCUT2D eigenvalue weighted by molar-refractivity contribution is -0.121. The zero-order valence-corrected chi connectivity index (χ0v) is 20.7. The van der Waals surface area contributed by atoms with Gasteiger partial charge < -0.3 is 14.5 Å². The van der Waals surface area contributed by atoms with Gasteiger partial charge in [-0.05, 0) is 60.0 Å². The Morgan fingerprint density at radius 3 is 2.39 bits per heavy atom. The minimum Gasteiger partial charge on any atom is -0.497 e. The summed E-state index contributed by atoms with van der Waals surface area (Å²) in [5.41, 5.74) is 6.62. The number of pyridine rings is 1. The third kappa shape index (κ3) is 5.11. The van der Waals surface area contributed by atoms with E-state index in [1.807, 2.05) is 97.2 Å². The maximum Gasteiger partial charge on any atom is 0.220 e. The molecule has 0 atom stereocenters. The average molecular weight is 496 g/mol. The molecule has 0 aliphatic carbocycles. The number of benzene rings is 3. The molecule has 5 aromatic rings. The van der Waals surface area contributed by atoms with Crippen LogP contribution in [0.15, 0.2) is 97.2 Å². The average Bonchev–Trinajstić information content (AvgIpc) is 3.29. The number of aryl methyl sites for hydroxylation is 1. The van der Waals surface area contributed by atoms with E-state index >= 15 is 0 Å². The van der Waals surface area contributed by atoms with Gasteiger partial charge in [0, 0.05) is 35.3 Å².